The molecule has 1 aromatic rings. The number of ether oxygens (including phenoxy) is 1. The SMILES string of the molecule is COC(C)c1nsc(NC(C)(CO)CO)n1. The van der Waals surface area contributed by atoms with Crippen molar-refractivity contribution in [3.05, 3.63) is 5.82 Å². The number of aromatic nitrogens is 2. The van der Waals surface area contributed by atoms with Crippen molar-refractivity contribution < 1.29 is 14.9 Å². The standard InChI is InChI=1S/C9H17N3O3S/c1-6(15-3)7-10-8(16-12-7)11-9(2,4-13)5-14/h6,13-14H,4-5H2,1-3H3,(H,10,11,12). The minimum Gasteiger partial charge on any atom is -0.394 e. The first kappa shape index (κ1) is 13.3. The Morgan fingerprint density at radius 2 is 2.12 bits per heavy atom. The lowest BCUT2D eigenvalue weighted by Crippen LogP contribution is -2.42. The molecule has 1 atom stereocenters. The van der Waals surface area contributed by atoms with Gasteiger partial charge in [0.25, 0.3) is 0 Å². The second kappa shape index (κ2) is 5.53. The van der Waals surface area contributed by atoms with E-state index >= 15 is 0 Å². The number of aliphatic hydroxyl groups excluding tert-OH is 2. The van der Waals surface area contributed by atoms with Gasteiger partial charge in [-0.1, -0.05) is 0 Å². The molecule has 0 saturated heterocycles. The van der Waals surface area contributed by atoms with Crippen molar-refractivity contribution in [2.24, 2.45) is 0 Å². The minimum atomic E-state index is -0.785. The summed E-state index contributed by atoms with van der Waals surface area (Å²) in [6.07, 6.45) is -0.165. The van der Waals surface area contributed by atoms with E-state index in [1.165, 1.54) is 11.5 Å². The Morgan fingerprint density at radius 3 is 2.62 bits per heavy atom. The number of aliphatic hydroxyl groups is 2. The van der Waals surface area contributed by atoms with Gasteiger partial charge in [-0.05, 0) is 13.8 Å². The number of nitrogens with zero attached hydrogens (tertiary/aromatic N) is 2. The highest BCUT2D eigenvalue weighted by molar-refractivity contribution is 7.09. The predicted octanol–water partition coefficient (Wildman–Crippen LogP) is 0.401. The van der Waals surface area contributed by atoms with E-state index in [0.717, 1.165) is 0 Å². The van der Waals surface area contributed by atoms with Gasteiger partial charge >= 0.3 is 0 Å². The van der Waals surface area contributed by atoms with Crippen LogP contribution in [0.3, 0.4) is 0 Å². The molecular formula is C9H17N3O3S. The zero-order valence-corrected chi connectivity index (χ0v) is 10.4. The van der Waals surface area contributed by atoms with E-state index in [0.29, 0.717) is 11.0 Å². The summed E-state index contributed by atoms with van der Waals surface area (Å²) < 4.78 is 9.21. The van der Waals surface area contributed by atoms with Crippen LogP contribution in [0.4, 0.5) is 5.13 Å². The third kappa shape index (κ3) is 3.11. The van der Waals surface area contributed by atoms with Crippen LogP contribution in [0.2, 0.25) is 0 Å². The molecule has 1 rings (SSSR count). The van der Waals surface area contributed by atoms with Gasteiger partial charge < -0.3 is 20.3 Å². The molecule has 1 unspecified atom stereocenters. The number of hydrogen-bond acceptors (Lipinski definition) is 7. The number of anilines is 1. The normalized spacial score (nSPS) is 13.8. The van der Waals surface area contributed by atoms with Gasteiger partial charge in [0.15, 0.2) is 5.82 Å². The monoisotopic (exact) mass is 247 g/mol. The van der Waals surface area contributed by atoms with Crippen molar-refractivity contribution in [3.63, 3.8) is 0 Å². The lowest BCUT2D eigenvalue weighted by atomic mass is 10.1. The van der Waals surface area contributed by atoms with E-state index in [9.17, 15) is 0 Å². The van der Waals surface area contributed by atoms with E-state index in [1.807, 2.05) is 6.92 Å². The Labute approximate surface area is 98.5 Å². The smallest absolute Gasteiger partial charge is 0.203 e. The summed E-state index contributed by atoms with van der Waals surface area (Å²) in [5.41, 5.74) is -0.785. The van der Waals surface area contributed by atoms with Crippen molar-refractivity contribution in [2.75, 3.05) is 25.6 Å². The topological polar surface area (TPSA) is 87.5 Å². The van der Waals surface area contributed by atoms with Crippen LogP contribution in [0.25, 0.3) is 0 Å². The van der Waals surface area contributed by atoms with Gasteiger partial charge in [-0.15, -0.1) is 0 Å². The maximum absolute atomic E-state index is 9.12. The van der Waals surface area contributed by atoms with Gasteiger partial charge in [0.05, 0.1) is 18.8 Å². The van der Waals surface area contributed by atoms with Gasteiger partial charge in [-0.3, -0.25) is 0 Å². The molecule has 3 N–H and O–H groups in total. The maximum Gasteiger partial charge on any atom is 0.203 e. The van der Waals surface area contributed by atoms with Crippen molar-refractivity contribution in [2.45, 2.75) is 25.5 Å². The highest BCUT2D eigenvalue weighted by atomic mass is 32.1. The van der Waals surface area contributed by atoms with Gasteiger partial charge in [0.2, 0.25) is 5.13 Å². The Bertz CT molecular complexity index is 328. The summed E-state index contributed by atoms with van der Waals surface area (Å²) >= 11 is 1.18. The van der Waals surface area contributed by atoms with Crippen molar-refractivity contribution >= 4 is 16.7 Å². The summed E-state index contributed by atoms with van der Waals surface area (Å²) in [7, 11) is 1.59. The summed E-state index contributed by atoms with van der Waals surface area (Å²) in [5, 5.41) is 21.7. The van der Waals surface area contributed by atoms with Crippen molar-refractivity contribution in [1.29, 1.82) is 0 Å². The summed E-state index contributed by atoms with van der Waals surface area (Å²) in [6.45, 7) is 3.19. The molecule has 0 fully saturated rings. The molecule has 0 radical (unpaired) electrons. The second-order valence-corrected chi connectivity index (χ2v) is 4.59. The van der Waals surface area contributed by atoms with E-state index in [2.05, 4.69) is 14.7 Å². The molecule has 0 saturated carbocycles. The maximum atomic E-state index is 9.12. The van der Waals surface area contributed by atoms with Gasteiger partial charge in [-0.25, -0.2) is 4.98 Å². The van der Waals surface area contributed by atoms with E-state index in [4.69, 9.17) is 14.9 Å². The fraction of sp³-hybridized carbons (Fsp3) is 0.778. The fourth-order valence-corrected chi connectivity index (χ4v) is 1.74. The predicted molar refractivity (Wildman–Crippen MR) is 61.5 cm³/mol. The first-order chi connectivity index (χ1) is 7.54. The van der Waals surface area contributed by atoms with Crippen LogP contribution in [0.1, 0.15) is 25.8 Å². The lowest BCUT2D eigenvalue weighted by Gasteiger charge is -2.25. The Hall–Kier alpha value is -0.760. The van der Waals surface area contributed by atoms with Crippen molar-refractivity contribution in [1.82, 2.24) is 9.36 Å². The minimum absolute atomic E-state index is 0.165. The molecular weight excluding hydrogens is 230 g/mol. The van der Waals surface area contributed by atoms with Crippen LogP contribution in [-0.2, 0) is 4.74 Å². The quantitative estimate of drug-likeness (QED) is 0.674. The van der Waals surface area contributed by atoms with Crippen LogP contribution in [-0.4, -0.2) is 45.4 Å². The zero-order chi connectivity index (χ0) is 12.2. The van der Waals surface area contributed by atoms with E-state index < -0.39 is 5.54 Å². The number of methoxy groups -OCH3 is 1. The summed E-state index contributed by atoms with van der Waals surface area (Å²) in [5.74, 6) is 0.591. The molecule has 0 spiro atoms. The number of nitrogens with one attached hydrogen (secondary N) is 1. The molecule has 1 aromatic heterocycles. The van der Waals surface area contributed by atoms with Crippen LogP contribution < -0.4 is 5.32 Å². The number of rotatable bonds is 6. The number of hydrogen-bond donors (Lipinski definition) is 3. The molecule has 0 aliphatic heterocycles. The Kier molecular flexibility index (Phi) is 4.60. The molecule has 16 heavy (non-hydrogen) atoms. The van der Waals surface area contributed by atoms with Crippen LogP contribution in [0.5, 0.6) is 0 Å². The van der Waals surface area contributed by atoms with E-state index in [1.54, 1.807) is 14.0 Å². The molecule has 0 bridgehead atoms. The highest BCUT2D eigenvalue weighted by Gasteiger charge is 2.24. The highest BCUT2D eigenvalue weighted by Crippen LogP contribution is 2.21. The zero-order valence-electron chi connectivity index (χ0n) is 9.60. The first-order valence-corrected chi connectivity index (χ1v) is 5.68. The molecule has 92 valence electrons. The molecule has 6 nitrogen and oxygen atoms in total. The van der Waals surface area contributed by atoms with Crippen molar-refractivity contribution in [3.8, 4) is 0 Å². The summed E-state index contributed by atoms with van der Waals surface area (Å²) in [6, 6.07) is 0. The molecule has 1 heterocycles. The molecule has 7 heteroatoms. The molecule has 0 amide bonds. The van der Waals surface area contributed by atoms with Gasteiger partial charge in [-0.2, -0.15) is 4.37 Å². The third-order valence-corrected chi connectivity index (χ3v) is 2.91. The molecule has 0 aliphatic carbocycles. The van der Waals surface area contributed by atoms with E-state index in [-0.39, 0.29) is 19.3 Å². The fourth-order valence-electron chi connectivity index (χ4n) is 0.943. The average molecular weight is 247 g/mol. The van der Waals surface area contributed by atoms with Crippen LogP contribution >= 0.6 is 11.5 Å². The largest absolute Gasteiger partial charge is 0.394 e. The first-order valence-electron chi connectivity index (χ1n) is 4.91. The van der Waals surface area contributed by atoms with Gasteiger partial charge in [0.1, 0.15) is 6.10 Å². The average Bonchev–Trinajstić information content (AvgIpc) is 2.76. The Morgan fingerprint density at radius 1 is 1.50 bits per heavy atom. The Balaban J connectivity index is 2.71. The molecule has 0 aliphatic rings. The molecule has 0 aromatic carbocycles. The van der Waals surface area contributed by atoms with Crippen LogP contribution in [0.15, 0.2) is 0 Å². The third-order valence-electron chi connectivity index (χ3n) is 2.27. The second-order valence-electron chi connectivity index (χ2n) is 3.84. The summed E-state index contributed by atoms with van der Waals surface area (Å²) in [4.78, 5) is 4.21. The van der Waals surface area contributed by atoms with Gasteiger partial charge in [0, 0.05) is 18.6 Å². The lowest BCUT2D eigenvalue weighted by molar-refractivity contribution is 0.113. The van der Waals surface area contributed by atoms with Crippen LogP contribution in [0, 0.1) is 0 Å².